The van der Waals surface area contributed by atoms with Crippen LogP contribution in [0.25, 0.3) is 0 Å². The van der Waals surface area contributed by atoms with Crippen LogP contribution in [0.15, 0.2) is 30.3 Å². The number of benzene rings is 1. The molecule has 0 bridgehead atoms. The van der Waals surface area contributed by atoms with Crippen molar-refractivity contribution in [1.82, 2.24) is 5.32 Å². The fraction of sp³-hybridized carbons (Fsp3) is 0.273. The summed E-state index contributed by atoms with van der Waals surface area (Å²) in [5.41, 5.74) is 0.889. The van der Waals surface area contributed by atoms with Gasteiger partial charge in [0.15, 0.2) is 5.78 Å². The van der Waals surface area contributed by atoms with Crippen molar-refractivity contribution in [3.8, 4) is 0 Å². The molecule has 0 heterocycles. The molecule has 0 spiro atoms. The molecule has 1 aromatic carbocycles. The van der Waals surface area contributed by atoms with E-state index in [2.05, 4.69) is 5.32 Å². The Morgan fingerprint density at radius 3 is 2.44 bits per heavy atom. The van der Waals surface area contributed by atoms with Crippen molar-refractivity contribution in [3.05, 3.63) is 35.9 Å². The fourth-order valence-corrected chi connectivity index (χ4v) is 1.52. The molecule has 16 heavy (non-hydrogen) atoms. The van der Waals surface area contributed by atoms with Crippen LogP contribution in [-0.4, -0.2) is 28.9 Å². The SMILES string of the molecule is O=C(O)NC(Cc1ccccc1)C(=O)CCl. The number of hydrogen-bond donors (Lipinski definition) is 2. The van der Waals surface area contributed by atoms with Crippen LogP contribution in [0, 0.1) is 0 Å². The van der Waals surface area contributed by atoms with E-state index in [1.54, 1.807) is 0 Å². The lowest BCUT2D eigenvalue weighted by Crippen LogP contribution is -2.42. The highest BCUT2D eigenvalue weighted by Crippen LogP contribution is 2.04. The zero-order valence-electron chi connectivity index (χ0n) is 8.52. The summed E-state index contributed by atoms with van der Waals surface area (Å²) in [4.78, 5) is 21.9. The van der Waals surface area contributed by atoms with Gasteiger partial charge in [0.05, 0.1) is 11.9 Å². The van der Waals surface area contributed by atoms with Crippen LogP contribution < -0.4 is 5.32 Å². The molecule has 2 N–H and O–H groups in total. The first-order valence-corrected chi connectivity index (χ1v) is 5.29. The summed E-state index contributed by atoms with van der Waals surface area (Å²) >= 11 is 5.41. The minimum atomic E-state index is -1.22. The molecule has 0 aromatic heterocycles. The molecule has 5 heteroatoms. The van der Waals surface area contributed by atoms with Gasteiger partial charge in [-0.2, -0.15) is 0 Å². The van der Waals surface area contributed by atoms with Crippen LogP contribution in [0.4, 0.5) is 4.79 Å². The zero-order valence-corrected chi connectivity index (χ0v) is 9.28. The first kappa shape index (κ1) is 12.5. The molecule has 4 nitrogen and oxygen atoms in total. The number of halogens is 1. The van der Waals surface area contributed by atoms with E-state index in [9.17, 15) is 9.59 Å². The zero-order chi connectivity index (χ0) is 12.0. The molecule has 0 saturated carbocycles. The highest BCUT2D eigenvalue weighted by Gasteiger charge is 2.19. The van der Waals surface area contributed by atoms with Gasteiger partial charge in [0.25, 0.3) is 0 Å². The van der Waals surface area contributed by atoms with Gasteiger partial charge in [0.1, 0.15) is 0 Å². The Bertz CT molecular complexity index is 367. The molecule has 1 aromatic rings. The molecule has 1 rings (SSSR count). The summed E-state index contributed by atoms with van der Waals surface area (Å²) in [7, 11) is 0. The average Bonchev–Trinajstić information content (AvgIpc) is 2.28. The summed E-state index contributed by atoms with van der Waals surface area (Å²) < 4.78 is 0. The highest BCUT2D eigenvalue weighted by atomic mass is 35.5. The van der Waals surface area contributed by atoms with Gasteiger partial charge in [-0.15, -0.1) is 11.6 Å². The lowest BCUT2D eigenvalue weighted by Gasteiger charge is -2.14. The maximum atomic E-state index is 11.4. The molecule has 0 saturated heterocycles. The van der Waals surface area contributed by atoms with Crippen LogP contribution in [-0.2, 0) is 11.2 Å². The van der Waals surface area contributed by atoms with E-state index in [1.165, 1.54) is 0 Å². The van der Waals surface area contributed by atoms with Gasteiger partial charge in [0.2, 0.25) is 0 Å². The van der Waals surface area contributed by atoms with Crippen LogP contribution in [0.1, 0.15) is 5.56 Å². The van der Waals surface area contributed by atoms with Crippen molar-refractivity contribution in [2.75, 3.05) is 5.88 Å². The third-order valence-electron chi connectivity index (χ3n) is 2.10. The second kappa shape index (κ2) is 6.12. The Morgan fingerprint density at radius 2 is 1.94 bits per heavy atom. The highest BCUT2D eigenvalue weighted by molar-refractivity contribution is 6.28. The van der Waals surface area contributed by atoms with Crippen LogP contribution in [0.5, 0.6) is 0 Å². The van der Waals surface area contributed by atoms with E-state index in [4.69, 9.17) is 16.7 Å². The second-order valence-electron chi connectivity index (χ2n) is 3.29. The number of Topliss-reactive ketones (excluding diaryl/α,β-unsaturated/α-hetero) is 1. The van der Waals surface area contributed by atoms with E-state index in [0.717, 1.165) is 5.56 Å². The normalized spacial score (nSPS) is 11.8. The van der Waals surface area contributed by atoms with Crippen molar-refractivity contribution in [2.24, 2.45) is 0 Å². The minimum Gasteiger partial charge on any atom is -0.465 e. The number of alkyl halides is 1. The van der Waals surface area contributed by atoms with Gasteiger partial charge in [-0.1, -0.05) is 30.3 Å². The summed E-state index contributed by atoms with van der Waals surface area (Å²) in [6.07, 6.45) is -0.905. The van der Waals surface area contributed by atoms with E-state index in [0.29, 0.717) is 6.42 Å². The van der Waals surface area contributed by atoms with Gasteiger partial charge in [0, 0.05) is 0 Å². The third kappa shape index (κ3) is 3.90. The fourth-order valence-electron chi connectivity index (χ4n) is 1.34. The van der Waals surface area contributed by atoms with E-state index in [-0.39, 0.29) is 11.7 Å². The summed E-state index contributed by atoms with van der Waals surface area (Å²) in [5, 5.41) is 10.8. The number of amides is 1. The van der Waals surface area contributed by atoms with Crippen molar-refractivity contribution in [3.63, 3.8) is 0 Å². The smallest absolute Gasteiger partial charge is 0.405 e. The summed E-state index contributed by atoms with van der Waals surface area (Å²) in [6, 6.07) is 8.40. The minimum absolute atomic E-state index is 0.197. The maximum Gasteiger partial charge on any atom is 0.405 e. The quantitative estimate of drug-likeness (QED) is 0.771. The van der Waals surface area contributed by atoms with Crippen LogP contribution in [0.2, 0.25) is 0 Å². The molecular weight excluding hydrogens is 230 g/mol. The number of nitrogens with one attached hydrogen (secondary N) is 1. The monoisotopic (exact) mass is 241 g/mol. The summed E-state index contributed by atoms with van der Waals surface area (Å²) in [5.74, 6) is -0.523. The molecule has 0 aliphatic heterocycles. The van der Waals surface area contributed by atoms with Gasteiger partial charge < -0.3 is 10.4 Å². The second-order valence-corrected chi connectivity index (χ2v) is 3.56. The first-order chi connectivity index (χ1) is 7.63. The predicted molar refractivity (Wildman–Crippen MR) is 60.8 cm³/mol. The standard InChI is InChI=1S/C11H12ClNO3/c12-7-10(14)9(13-11(15)16)6-8-4-2-1-3-5-8/h1-5,9,13H,6-7H2,(H,15,16). The molecule has 1 amide bonds. The van der Waals surface area contributed by atoms with E-state index >= 15 is 0 Å². The molecule has 0 radical (unpaired) electrons. The van der Waals surface area contributed by atoms with Crippen molar-refractivity contribution >= 4 is 23.5 Å². The molecule has 86 valence electrons. The maximum absolute atomic E-state index is 11.4. The predicted octanol–water partition coefficient (Wildman–Crippen LogP) is 1.67. The molecule has 1 atom stereocenters. The Kier molecular flexibility index (Phi) is 4.79. The largest absolute Gasteiger partial charge is 0.465 e. The Labute approximate surface area is 98.2 Å². The van der Waals surface area contributed by atoms with Gasteiger partial charge in [-0.25, -0.2) is 4.79 Å². The average molecular weight is 242 g/mol. The Morgan fingerprint density at radius 1 is 1.31 bits per heavy atom. The lowest BCUT2D eigenvalue weighted by molar-refractivity contribution is -0.118. The van der Waals surface area contributed by atoms with Gasteiger partial charge in [-0.05, 0) is 12.0 Å². The van der Waals surface area contributed by atoms with Crippen molar-refractivity contribution < 1.29 is 14.7 Å². The van der Waals surface area contributed by atoms with Crippen molar-refractivity contribution in [1.29, 1.82) is 0 Å². The van der Waals surface area contributed by atoms with Crippen molar-refractivity contribution in [2.45, 2.75) is 12.5 Å². The Balaban J connectivity index is 2.70. The molecule has 1 unspecified atom stereocenters. The number of carboxylic acid groups (broad SMARTS) is 1. The van der Waals surface area contributed by atoms with E-state index in [1.807, 2.05) is 30.3 Å². The van der Waals surface area contributed by atoms with Gasteiger partial charge in [-0.3, -0.25) is 4.79 Å². The topological polar surface area (TPSA) is 66.4 Å². The molecule has 0 fully saturated rings. The molecule has 0 aliphatic rings. The molecule has 0 aliphatic carbocycles. The lowest BCUT2D eigenvalue weighted by atomic mass is 10.0. The number of hydrogen-bond acceptors (Lipinski definition) is 2. The van der Waals surface area contributed by atoms with Gasteiger partial charge >= 0.3 is 6.09 Å². The Hall–Kier alpha value is -1.55. The first-order valence-electron chi connectivity index (χ1n) is 4.75. The van der Waals surface area contributed by atoms with E-state index < -0.39 is 12.1 Å². The number of ketones is 1. The van der Waals surface area contributed by atoms with Crippen LogP contribution in [0.3, 0.4) is 0 Å². The summed E-state index contributed by atoms with van der Waals surface area (Å²) in [6.45, 7) is 0. The number of carbonyl (C=O) groups excluding carboxylic acids is 1. The van der Waals surface area contributed by atoms with Crippen LogP contribution >= 0.6 is 11.6 Å². The number of rotatable bonds is 5. The molecular formula is C11H12ClNO3. The number of carbonyl (C=O) groups is 2. The third-order valence-corrected chi connectivity index (χ3v) is 2.36.